The summed E-state index contributed by atoms with van der Waals surface area (Å²) in [5.41, 5.74) is -0.501. The van der Waals surface area contributed by atoms with Gasteiger partial charge in [-0.15, -0.1) is 0 Å². The molecule has 1 rings (SSSR count). The summed E-state index contributed by atoms with van der Waals surface area (Å²) >= 11 is 0. The van der Waals surface area contributed by atoms with E-state index < -0.39 is 17.5 Å². The molecule has 21 heavy (non-hydrogen) atoms. The maximum Gasteiger partial charge on any atom is 0.392 e. The number of hydrogen-bond donors (Lipinski definition) is 0. The van der Waals surface area contributed by atoms with Crippen molar-refractivity contribution in [2.45, 2.75) is 103 Å². The molecule has 0 aliphatic heterocycles. The molecule has 0 N–H and O–H groups in total. The Labute approximate surface area is 128 Å². The summed E-state index contributed by atoms with van der Waals surface area (Å²) in [5.74, 6) is -1.08. The quantitative estimate of drug-likeness (QED) is 0.393. The highest BCUT2D eigenvalue weighted by molar-refractivity contribution is 4.89. The molecule has 126 valence electrons. The molecule has 0 bridgehead atoms. The van der Waals surface area contributed by atoms with Gasteiger partial charge in [0.2, 0.25) is 0 Å². The summed E-state index contributed by atoms with van der Waals surface area (Å²) in [6.07, 6.45) is 8.58. The van der Waals surface area contributed by atoms with Crippen LogP contribution in [0.25, 0.3) is 0 Å². The molecule has 0 saturated heterocycles. The Hall–Kier alpha value is -0.210. The van der Waals surface area contributed by atoms with Gasteiger partial charge in [-0.25, -0.2) is 0 Å². The lowest BCUT2D eigenvalue weighted by molar-refractivity contribution is -0.212. The van der Waals surface area contributed by atoms with Gasteiger partial charge in [0.1, 0.15) is 0 Å². The van der Waals surface area contributed by atoms with Crippen LogP contribution in [0, 0.1) is 11.3 Å². The van der Waals surface area contributed by atoms with Crippen molar-refractivity contribution in [1.29, 1.82) is 0 Å². The van der Waals surface area contributed by atoms with E-state index in [1.54, 1.807) is 0 Å². The van der Waals surface area contributed by atoms with E-state index in [0.29, 0.717) is 6.42 Å². The highest BCUT2D eigenvalue weighted by Gasteiger charge is 2.50. The highest BCUT2D eigenvalue weighted by Crippen LogP contribution is 2.50. The molecule has 1 aliphatic carbocycles. The van der Waals surface area contributed by atoms with Gasteiger partial charge < -0.3 is 0 Å². The summed E-state index contributed by atoms with van der Waals surface area (Å²) in [7, 11) is 0. The molecular formula is C18H33F3. The minimum atomic E-state index is -4.02. The average Bonchev–Trinajstić information content (AvgIpc) is 2.41. The first-order valence-corrected chi connectivity index (χ1v) is 8.97. The van der Waals surface area contributed by atoms with E-state index in [0.717, 1.165) is 51.4 Å². The summed E-state index contributed by atoms with van der Waals surface area (Å²) in [4.78, 5) is 0. The van der Waals surface area contributed by atoms with Crippen molar-refractivity contribution < 1.29 is 13.2 Å². The Morgan fingerprint density at radius 2 is 1.38 bits per heavy atom. The fraction of sp³-hybridized carbons (Fsp3) is 1.00. The second-order valence-corrected chi connectivity index (χ2v) is 7.22. The van der Waals surface area contributed by atoms with Crippen molar-refractivity contribution >= 4 is 0 Å². The fourth-order valence-electron chi connectivity index (χ4n) is 3.92. The Balaban J connectivity index is 2.37. The van der Waals surface area contributed by atoms with E-state index >= 15 is 0 Å². The van der Waals surface area contributed by atoms with E-state index in [-0.39, 0.29) is 0 Å². The van der Waals surface area contributed by atoms with Gasteiger partial charge in [-0.05, 0) is 24.7 Å². The molecule has 0 heterocycles. The molecule has 0 spiro atoms. The summed E-state index contributed by atoms with van der Waals surface area (Å²) in [6, 6.07) is 0. The van der Waals surface area contributed by atoms with Crippen LogP contribution in [0.4, 0.5) is 13.2 Å². The first-order chi connectivity index (χ1) is 9.90. The van der Waals surface area contributed by atoms with E-state index in [1.807, 2.05) is 6.92 Å². The van der Waals surface area contributed by atoms with Crippen LogP contribution in [0.2, 0.25) is 0 Å². The molecule has 1 atom stereocenters. The monoisotopic (exact) mass is 306 g/mol. The predicted octanol–water partition coefficient (Wildman–Crippen LogP) is 7.28. The Morgan fingerprint density at radius 3 is 1.90 bits per heavy atom. The maximum absolute atomic E-state index is 13.4. The molecule has 1 unspecified atom stereocenters. The van der Waals surface area contributed by atoms with Crippen LogP contribution in [0.5, 0.6) is 0 Å². The van der Waals surface area contributed by atoms with Crippen LogP contribution >= 0.6 is 0 Å². The molecule has 1 fully saturated rings. The summed E-state index contributed by atoms with van der Waals surface area (Å²) < 4.78 is 40.3. The zero-order valence-corrected chi connectivity index (χ0v) is 13.9. The third kappa shape index (κ3) is 6.61. The Morgan fingerprint density at radius 1 is 0.857 bits per heavy atom. The SMILES string of the molecule is CCCCCCCCCC(C(F)(F)F)C1(C)CCCCC1. The van der Waals surface area contributed by atoms with Crippen molar-refractivity contribution in [1.82, 2.24) is 0 Å². The zero-order chi connectivity index (χ0) is 15.8. The van der Waals surface area contributed by atoms with Gasteiger partial charge in [-0.1, -0.05) is 78.1 Å². The van der Waals surface area contributed by atoms with Gasteiger partial charge >= 0.3 is 6.18 Å². The number of hydrogen-bond acceptors (Lipinski definition) is 0. The van der Waals surface area contributed by atoms with Crippen molar-refractivity contribution in [2.24, 2.45) is 11.3 Å². The molecule has 0 nitrogen and oxygen atoms in total. The van der Waals surface area contributed by atoms with E-state index in [1.165, 1.54) is 25.7 Å². The van der Waals surface area contributed by atoms with Gasteiger partial charge in [-0.2, -0.15) is 13.2 Å². The van der Waals surface area contributed by atoms with Crippen molar-refractivity contribution in [3.8, 4) is 0 Å². The smallest absolute Gasteiger partial charge is 0.171 e. The number of halogens is 3. The van der Waals surface area contributed by atoms with Crippen LogP contribution in [0.3, 0.4) is 0 Å². The van der Waals surface area contributed by atoms with Crippen molar-refractivity contribution in [3.05, 3.63) is 0 Å². The molecule has 0 radical (unpaired) electrons. The largest absolute Gasteiger partial charge is 0.392 e. The molecular weight excluding hydrogens is 273 g/mol. The van der Waals surface area contributed by atoms with Crippen molar-refractivity contribution in [2.75, 3.05) is 0 Å². The molecule has 0 aromatic rings. The molecule has 3 heteroatoms. The fourth-order valence-corrected chi connectivity index (χ4v) is 3.92. The minimum Gasteiger partial charge on any atom is -0.171 e. The molecule has 0 amide bonds. The standard InChI is InChI=1S/C18H33F3/c1-3-4-5-6-7-8-10-13-16(18(19,20)21)17(2)14-11-9-12-15-17/h16H,3-15H2,1-2H3. The van der Waals surface area contributed by atoms with E-state index in [9.17, 15) is 13.2 Å². The normalized spacial score (nSPS) is 20.4. The second kappa shape index (κ2) is 9.05. The second-order valence-electron chi connectivity index (χ2n) is 7.22. The van der Waals surface area contributed by atoms with Crippen LogP contribution in [-0.2, 0) is 0 Å². The van der Waals surface area contributed by atoms with Crippen LogP contribution in [-0.4, -0.2) is 6.18 Å². The number of alkyl halides is 3. The highest BCUT2D eigenvalue weighted by atomic mass is 19.4. The van der Waals surface area contributed by atoms with Gasteiger partial charge in [0.25, 0.3) is 0 Å². The minimum absolute atomic E-state index is 0.341. The molecule has 1 saturated carbocycles. The van der Waals surface area contributed by atoms with Crippen LogP contribution in [0.1, 0.15) is 97.3 Å². The maximum atomic E-state index is 13.4. The van der Waals surface area contributed by atoms with Crippen LogP contribution in [0.15, 0.2) is 0 Å². The topological polar surface area (TPSA) is 0 Å². The first-order valence-electron chi connectivity index (χ1n) is 8.97. The number of rotatable bonds is 9. The van der Waals surface area contributed by atoms with Gasteiger partial charge in [0, 0.05) is 0 Å². The predicted molar refractivity (Wildman–Crippen MR) is 83.3 cm³/mol. The van der Waals surface area contributed by atoms with Crippen molar-refractivity contribution in [3.63, 3.8) is 0 Å². The third-order valence-electron chi connectivity index (χ3n) is 5.33. The lowest BCUT2D eigenvalue weighted by Gasteiger charge is -2.41. The van der Waals surface area contributed by atoms with E-state index in [4.69, 9.17) is 0 Å². The average molecular weight is 306 g/mol. The Kier molecular flexibility index (Phi) is 8.12. The molecule has 1 aliphatic rings. The first kappa shape index (κ1) is 18.8. The van der Waals surface area contributed by atoms with Gasteiger partial charge in [0.05, 0.1) is 5.92 Å². The van der Waals surface area contributed by atoms with Crippen LogP contribution < -0.4 is 0 Å². The Bertz CT molecular complexity index is 264. The molecule has 0 aromatic heterocycles. The lowest BCUT2D eigenvalue weighted by Crippen LogP contribution is -2.39. The third-order valence-corrected chi connectivity index (χ3v) is 5.33. The van der Waals surface area contributed by atoms with E-state index in [2.05, 4.69) is 6.92 Å². The lowest BCUT2D eigenvalue weighted by atomic mass is 9.65. The summed E-state index contributed by atoms with van der Waals surface area (Å²) in [5, 5.41) is 0. The summed E-state index contributed by atoms with van der Waals surface area (Å²) in [6.45, 7) is 4.06. The van der Waals surface area contributed by atoms with Gasteiger partial charge in [0.15, 0.2) is 0 Å². The number of unbranched alkanes of at least 4 members (excludes halogenated alkanes) is 6. The zero-order valence-electron chi connectivity index (χ0n) is 13.9. The molecule has 0 aromatic carbocycles. The van der Waals surface area contributed by atoms with Gasteiger partial charge in [-0.3, -0.25) is 0 Å².